The van der Waals surface area contributed by atoms with Gasteiger partial charge in [-0.2, -0.15) is 0 Å². The lowest BCUT2D eigenvalue weighted by Gasteiger charge is -2.18. The Labute approximate surface area is 110 Å². The molecular formula is C4H20O6Si6. The van der Waals surface area contributed by atoms with Crippen molar-refractivity contribution in [1.82, 2.24) is 0 Å². The molecule has 1 heterocycles. The molecule has 0 aromatic carbocycles. The smallest absolute Gasteiger partial charge is 0.303 e. The van der Waals surface area contributed by atoms with E-state index in [1.165, 1.54) is 12.8 Å². The SMILES string of the molecule is CCCC[SiH]1O[SiH2]O[SiH2]O[SiH2]O[SiH2]O[SiH2]O1. The Bertz CT molecular complexity index is 152. The van der Waals surface area contributed by atoms with Gasteiger partial charge in [-0.25, -0.2) is 0 Å². The Morgan fingerprint density at radius 2 is 1.31 bits per heavy atom. The highest BCUT2D eigenvalue weighted by atomic mass is 28.4. The average molecular weight is 333 g/mol. The van der Waals surface area contributed by atoms with E-state index in [2.05, 4.69) is 6.92 Å². The van der Waals surface area contributed by atoms with E-state index in [9.17, 15) is 0 Å². The van der Waals surface area contributed by atoms with Crippen molar-refractivity contribution in [3.8, 4) is 0 Å². The minimum absolute atomic E-state index is 0.821. The topological polar surface area (TPSA) is 55.4 Å². The lowest BCUT2D eigenvalue weighted by molar-refractivity contribution is 0.333. The average Bonchev–Trinajstić information content (AvgIpc) is 2.28. The zero-order valence-corrected chi connectivity index (χ0v) is 17.9. The van der Waals surface area contributed by atoms with Gasteiger partial charge in [0.1, 0.15) is 0 Å². The van der Waals surface area contributed by atoms with Crippen LogP contribution in [0.1, 0.15) is 19.8 Å². The first-order valence-corrected chi connectivity index (χ1v) is 13.0. The summed E-state index contributed by atoms with van der Waals surface area (Å²) in [4.78, 5) is 0. The molecule has 1 aliphatic heterocycles. The summed E-state index contributed by atoms with van der Waals surface area (Å²) in [5.74, 6) is 0. The van der Waals surface area contributed by atoms with E-state index in [1.54, 1.807) is 0 Å². The molecule has 1 saturated heterocycles. The predicted octanol–water partition coefficient (Wildman–Crippen LogP) is -3.89. The molecule has 96 valence electrons. The van der Waals surface area contributed by atoms with Crippen molar-refractivity contribution in [3.05, 3.63) is 0 Å². The Morgan fingerprint density at radius 1 is 0.812 bits per heavy atom. The molecule has 0 aromatic rings. The molecule has 0 bridgehead atoms. The summed E-state index contributed by atoms with van der Waals surface area (Å²) in [6, 6.07) is 1.07. The fourth-order valence-electron chi connectivity index (χ4n) is 1.15. The minimum Gasteiger partial charge on any atom is -0.425 e. The van der Waals surface area contributed by atoms with Gasteiger partial charge in [0.2, 0.25) is 0 Å². The van der Waals surface area contributed by atoms with Crippen molar-refractivity contribution < 1.29 is 24.7 Å². The summed E-state index contributed by atoms with van der Waals surface area (Å²) in [5, 5.41) is 0. The van der Waals surface area contributed by atoms with Crippen LogP contribution in [0.15, 0.2) is 0 Å². The number of rotatable bonds is 3. The summed E-state index contributed by atoms with van der Waals surface area (Å²) in [7, 11) is -5.72. The van der Waals surface area contributed by atoms with E-state index in [1.807, 2.05) is 0 Å². The highest BCUT2D eigenvalue weighted by molar-refractivity contribution is 6.59. The predicted molar refractivity (Wildman–Crippen MR) is 76.1 cm³/mol. The van der Waals surface area contributed by atoms with Crippen LogP contribution < -0.4 is 0 Å². The molecule has 1 fully saturated rings. The zero-order chi connectivity index (χ0) is 11.5. The second kappa shape index (κ2) is 11.2. The second-order valence-electron chi connectivity index (χ2n) is 3.31. The van der Waals surface area contributed by atoms with E-state index >= 15 is 0 Å². The van der Waals surface area contributed by atoms with Crippen LogP contribution >= 0.6 is 0 Å². The maximum absolute atomic E-state index is 5.75. The fourth-order valence-corrected chi connectivity index (χ4v) is 13.9. The molecule has 0 radical (unpaired) electrons. The van der Waals surface area contributed by atoms with Crippen molar-refractivity contribution in [3.63, 3.8) is 0 Å². The van der Waals surface area contributed by atoms with E-state index in [0.717, 1.165) is 6.04 Å². The van der Waals surface area contributed by atoms with Crippen LogP contribution in [-0.2, 0) is 24.7 Å². The molecule has 0 N–H and O–H groups in total. The molecule has 0 aliphatic carbocycles. The molecule has 1 rings (SSSR count). The summed E-state index contributed by atoms with van der Waals surface area (Å²) in [6.45, 7) is 2.18. The molecule has 0 atom stereocenters. The van der Waals surface area contributed by atoms with Crippen molar-refractivity contribution >= 4 is 59.3 Å². The Balaban J connectivity index is 2.19. The highest BCUT2D eigenvalue weighted by Crippen LogP contribution is 2.03. The lowest BCUT2D eigenvalue weighted by Crippen LogP contribution is -2.31. The first-order valence-electron chi connectivity index (χ1n) is 5.47. The Kier molecular flexibility index (Phi) is 10.6. The van der Waals surface area contributed by atoms with Crippen molar-refractivity contribution in [1.29, 1.82) is 0 Å². The van der Waals surface area contributed by atoms with Gasteiger partial charge in [0, 0.05) is 0 Å². The van der Waals surface area contributed by atoms with Gasteiger partial charge in [-0.3, -0.25) is 0 Å². The van der Waals surface area contributed by atoms with Gasteiger partial charge in [-0.05, 0) is 6.04 Å². The largest absolute Gasteiger partial charge is 0.425 e. The van der Waals surface area contributed by atoms with Gasteiger partial charge in [0.15, 0.2) is 0 Å². The van der Waals surface area contributed by atoms with Crippen LogP contribution in [0.5, 0.6) is 0 Å². The quantitative estimate of drug-likeness (QED) is 0.493. The van der Waals surface area contributed by atoms with Crippen molar-refractivity contribution in [2.45, 2.75) is 25.8 Å². The van der Waals surface area contributed by atoms with Crippen LogP contribution in [0.25, 0.3) is 0 Å². The van der Waals surface area contributed by atoms with E-state index in [4.69, 9.17) is 24.7 Å². The number of hydrogen-bond acceptors (Lipinski definition) is 6. The molecule has 0 aromatic heterocycles. The monoisotopic (exact) mass is 332 g/mol. The third kappa shape index (κ3) is 8.20. The van der Waals surface area contributed by atoms with Gasteiger partial charge in [-0.15, -0.1) is 0 Å². The summed E-state index contributed by atoms with van der Waals surface area (Å²) >= 11 is 0. The van der Waals surface area contributed by atoms with Crippen LogP contribution in [0.2, 0.25) is 6.04 Å². The number of hydrogen-bond donors (Lipinski definition) is 0. The van der Waals surface area contributed by atoms with Gasteiger partial charge in [-0.1, -0.05) is 19.8 Å². The van der Waals surface area contributed by atoms with E-state index < -0.39 is 59.3 Å². The first-order chi connectivity index (χ1) is 7.93. The normalized spacial score (nSPS) is 33.2. The molecule has 1 aliphatic rings. The van der Waals surface area contributed by atoms with Gasteiger partial charge in [0.25, 0.3) is 50.0 Å². The van der Waals surface area contributed by atoms with E-state index in [-0.39, 0.29) is 0 Å². The Hall–Kier alpha value is 1.06. The summed E-state index contributed by atoms with van der Waals surface area (Å²) < 4.78 is 33.1. The van der Waals surface area contributed by atoms with Crippen molar-refractivity contribution in [2.75, 3.05) is 0 Å². The molecule has 0 spiro atoms. The third-order valence-electron chi connectivity index (χ3n) is 1.97. The van der Waals surface area contributed by atoms with E-state index in [0.29, 0.717) is 0 Å². The standard InChI is InChI=1S/C4H20O6Si6/c1-2-3-4-16-9-14-7-12-5-11-6-13-8-15-10-16/h16H,2-4,11-15H2,1H3. The summed E-state index contributed by atoms with van der Waals surface area (Å²) in [5.41, 5.74) is 0. The lowest BCUT2D eigenvalue weighted by atomic mass is 10.4. The minimum atomic E-state index is -1.48. The van der Waals surface area contributed by atoms with Gasteiger partial charge >= 0.3 is 9.28 Å². The van der Waals surface area contributed by atoms with Crippen LogP contribution in [0.3, 0.4) is 0 Å². The molecule has 6 nitrogen and oxygen atoms in total. The highest BCUT2D eigenvalue weighted by Gasteiger charge is 2.13. The van der Waals surface area contributed by atoms with Gasteiger partial charge in [0.05, 0.1) is 0 Å². The second-order valence-corrected chi connectivity index (χ2v) is 15.1. The maximum Gasteiger partial charge on any atom is 0.303 e. The Morgan fingerprint density at radius 3 is 1.81 bits per heavy atom. The molecule has 12 heteroatoms. The molecule has 0 unspecified atom stereocenters. The molecular weight excluding hydrogens is 313 g/mol. The summed E-state index contributed by atoms with van der Waals surface area (Å²) in [6.07, 6.45) is 2.36. The molecule has 0 amide bonds. The maximum atomic E-state index is 5.75. The van der Waals surface area contributed by atoms with Crippen LogP contribution in [0, 0.1) is 0 Å². The zero-order valence-electron chi connectivity index (χ0n) is 9.68. The fraction of sp³-hybridized carbons (Fsp3) is 1.00. The first kappa shape index (κ1) is 15.1. The molecule has 0 saturated carbocycles. The van der Waals surface area contributed by atoms with Gasteiger partial charge < -0.3 is 24.7 Å². The van der Waals surface area contributed by atoms with Crippen molar-refractivity contribution in [2.24, 2.45) is 0 Å². The third-order valence-corrected chi connectivity index (χ3v) is 12.2. The molecule has 16 heavy (non-hydrogen) atoms. The van der Waals surface area contributed by atoms with Crippen LogP contribution in [0.4, 0.5) is 0 Å². The number of unbranched alkanes of at least 4 members (excludes halogenated alkanes) is 1. The van der Waals surface area contributed by atoms with Crippen LogP contribution in [-0.4, -0.2) is 59.3 Å².